The number of hydrogen-bond acceptors (Lipinski definition) is 5. The van der Waals surface area contributed by atoms with E-state index in [-0.39, 0.29) is 29.8 Å². The standard InChI is InChI=1S/C13H21F3N4O/c1-12(2,3)8(5-6-21)18-10-7-9(13(14,15)16)19-11(17-4)20-10/h7-8,21H,5-6H2,1-4H3,(H2,17,18,19,20). The maximum atomic E-state index is 12.8. The molecular formula is C13H21F3N4O. The highest BCUT2D eigenvalue weighted by molar-refractivity contribution is 5.44. The molecule has 0 saturated heterocycles. The lowest BCUT2D eigenvalue weighted by Gasteiger charge is -2.31. The lowest BCUT2D eigenvalue weighted by Crippen LogP contribution is -2.35. The first-order valence-corrected chi connectivity index (χ1v) is 6.59. The molecule has 0 aliphatic rings. The van der Waals surface area contributed by atoms with E-state index in [2.05, 4.69) is 20.6 Å². The van der Waals surface area contributed by atoms with Gasteiger partial charge in [-0.1, -0.05) is 20.8 Å². The van der Waals surface area contributed by atoms with Gasteiger partial charge in [0.05, 0.1) is 0 Å². The van der Waals surface area contributed by atoms with Crippen molar-refractivity contribution in [2.45, 2.75) is 39.4 Å². The monoisotopic (exact) mass is 306 g/mol. The molecule has 1 atom stereocenters. The molecule has 120 valence electrons. The number of aliphatic hydroxyl groups excluding tert-OH is 1. The number of halogens is 3. The molecule has 1 unspecified atom stereocenters. The van der Waals surface area contributed by atoms with E-state index in [1.165, 1.54) is 7.05 Å². The molecule has 1 aromatic heterocycles. The van der Waals surface area contributed by atoms with E-state index in [0.717, 1.165) is 6.07 Å². The second kappa shape index (κ2) is 6.46. The van der Waals surface area contributed by atoms with Gasteiger partial charge in [0.2, 0.25) is 5.95 Å². The summed E-state index contributed by atoms with van der Waals surface area (Å²) in [6, 6.07) is 0.653. The molecule has 0 bridgehead atoms. The molecule has 1 heterocycles. The Morgan fingerprint density at radius 2 is 1.86 bits per heavy atom. The van der Waals surface area contributed by atoms with Crippen LogP contribution in [0.2, 0.25) is 0 Å². The van der Waals surface area contributed by atoms with Crippen LogP contribution in [0, 0.1) is 5.41 Å². The van der Waals surface area contributed by atoms with Crippen molar-refractivity contribution in [3.8, 4) is 0 Å². The topological polar surface area (TPSA) is 70.1 Å². The van der Waals surface area contributed by atoms with Crippen LogP contribution in [-0.4, -0.2) is 34.8 Å². The Labute approximate surface area is 122 Å². The molecule has 0 saturated carbocycles. The van der Waals surface area contributed by atoms with Crippen LogP contribution in [0.15, 0.2) is 6.07 Å². The third-order valence-electron chi connectivity index (χ3n) is 3.03. The zero-order valence-electron chi connectivity index (χ0n) is 12.5. The summed E-state index contributed by atoms with van der Waals surface area (Å²) in [5, 5.41) is 14.6. The summed E-state index contributed by atoms with van der Waals surface area (Å²) in [5.41, 5.74) is -1.26. The largest absolute Gasteiger partial charge is 0.433 e. The molecule has 0 fully saturated rings. The van der Waals surface area contributed by atoms with E-state index in [4.69, 9.17) is 5.11 Å². The third-order valence-corrected chi connectivity index (χ3v) is 3.03. The number of anilines is 2. The summed E-state index contributed by atoms with van der Waals surface area (Å²) in [4.78, 5) is 7.39. The van der Waals surface area contributed by atoms with Crippen LogP contribution in [0.4, 0.5) is 24.9 Å². The van der Waals surface area contributed by atoms with E-state index in [0.29, 0.717) is 6.42 Å². The summed E-state index contributed by atoms with van der Waals surface area (Å²) in [6.07, 6.45) is -4.14. The predicted octanol–water partition coefficient (Wildman–Crippen LogP) is 2.75. The average Bonchev–Trinajstić information content (AvgIpc) is 2.35. The van der Waals surface area contributed by atoms with Crippen molar-refractivity contribution in [1.82, 2.24) is 9.97 Å². The van der Waals surface area contributed by atoms with Gasteiger partial charge in [-0.3, -0.25) is 0 Å². The van der Waals surface area contributed by atoms with Gasteiger partial charge in [0.1, 0.15) is 5.82 Å². The summed E-state index contributed by atoms with van der Waals surface area (Å²) in [7, 11) is 1.45. The lowest BCUT2D eigenvalue weighted by atomic mass is 9.85. The summed E-state index contributed by atoms with van der Waals surface area (Å²) >= 11 is 0. The van der Waals surface area contributed by atoms with Crippen LogP contribution in [0.3, 0.4) is 0 Å². The number of nitrogens with one attached hydrogen (secondary N) is 2. The summed E-state index contributed by atoms with van der Waals surface area (Å²) in [5.74, 6) is -0.0287. The van der Waals surface area contributed by atoms with Gasteiger partial charge in [-0.25, -0.2) is 4.98 Å². The van der Waals surface area contributed by atoms with E-state index in [1.54, 1.807) is 0 Å². The van der Waals surface area contributed by atoms with Crippen molar-refractivity contribution in [2.75, 3.05) is 24.3 Å². The van der Waals surface area contributed by atoms with Gasteiger partial charge in [-0.2, -0.15) is 18.2 Å². The smallest absolute Gasteiger partial charge is 0.396 e. The highest BCUT2D eigenvalue weighted by Gasteiger charge is 2.34. The Bertz CT molecular complexity index is 471. The first kappa shape index (κ1) is 17.5. The van der Waals surface area contributed by atoms with Gasteiger partial charge in [-0.15, -0.1) is 0 Å². The SMILES string of the molecule is CNc1nc(NC(CCO)C(C)(C)C)cc(C(F)(F)F)n1. The van der Waals surface area contributed by atoms with Crippen LogP contribution < -0.4 is 10.6 Å². The maximum absolute atomic E-state index is 12.8. The molecular weight excluding hydrogens is 285 g/mol. The molecule has 0 spiro atoms. The highest BCUT2D eigenvalue weighted by atomic mass is 19.4. The highest BCUT2D eigenvalue weighted by Crippen LogP contribution is 2.31. The Morgan fingerprint density at radius 3 is 2.29 bits per heavy atom. The lowest BCUT2D eigenvalue weighted by molar-refractivity contribution is -0.141. The van der Waals surface area contributed by atoms with Crippen LogP contribution in [0.25, 0.3) is 0 Å². The van der Waals surface area contributed by atoms with Crippen molar-refractivity contribution >= 4 is 11.8 Å². The van der Waals surface area contributed by atoms with Gasteiger partial charge in [0.25, 0.3) is 0 Å². The van der Waals surface area contributed by atoms with Gasteiger partial charge in [-0.05, 0) is 11.8 Å². The number of rotatable bonds is 5. The van der Waals surface area contributed by atoms with E-state index in [1.807, 2.05) is 20.8 Å². The van der Waals surface area contributed by atoms with Crippen molar-refractivity contribution in [2.24, 2.45) is 5.41 Å². The zero-order valence-corrected chi connectivity index (χ0v) is 12.5. The molecule has 8 heteroatoms. The fraction of sp³-hybridized carbons (Fsp3) is 0.692. The number of aliphatic hydroxyl groups is 1. The molecule has 1 rings (SSSR count). The quantitative estimate of drug-likeness (QED) is 0.780. The molecule has 0 aromatic carbocycles. The normalized spacial score (nSPS) is 13.9. The molecule has 21 heavy (non-hydrogen) atoms. The number of aromatic nitrogens is 2. The van der Waals surface area contributed by atoms with E-state index in [9.17, 15) is 13.2 Å². The average molecular weight is 306 g/mol. The Balaban J connectivity index is 3.11. The van der Waals surface area contributed by atoms with Crippen LogP contribution in [0.5, 0.6) is 0 Å². The van der Waals surface area contributed by atoms with Crippen molar-refractivity contribution < 1.29 is 18.3 Å². The molecule has 0 aliphatic carbocycles. The fourth-order valence-electron chi connectivity index (χ4n) is 1.81. The molecule has 0 radical (unpaired) electrons. The maximum Gasteiger partial charge on any atom is 0.433 e. The molecule has 3 N–H and O–H groups in total. The number of hydrogen-bond donors (Lipinski definition) is 3. The first-order valence-electron chi connectivity index (χ1n) is 6.59. The first-order chi connectivity index (χ1) is 9.57. The Hall–Kier alpha value is -1.57. The zero-order chi connectivity index (χ0) is 16.3. The van der Waals surface area contributed by atoms with Gasteiger partial charge >= 0.3 is 6.18 Å². The predicted molar refractivity (Wildman–Crippen MR) is 75.1 cm³/mol. The van der Waals surface area contributed by atoms with Gasteiger partial charge in [0.15, 0.2) is 5.69 Å². The second-order valence-electron chi connectivity index (χ2n) is 5.79. The molecule has 0 amide bonds. The fourth-order valence-corrected chi connectivity index (χ4v) is 1.81. The minimum atomic E-state index is -4.54. The van der Waals surface area contributed by atoms with Crippen LogP contribution in [0.1, 0.15) is 32.9 Å². The van der Waals surface area contributed by atoms with E-state index < -0.39 is 11.9 Å². The van der Waals surface area contributed by atoms with Crippen LogP contribution in [-0.2, 0) is 6.18 Å². The van der Waals surface area contributed by atoms with Crippen molar-refractivity contribution in [3.63, 3.8) is 0 Å². The van der Waals surface area contributed by atoms with Crippen molar-refractivity contribution in [1.29, 1.82) is 0 Å². The molecule has 5 nitrogen and oxygen atoms in total. The molecule has 1 aromatic rings. The van der Waals surface area contributed by atoms with Gasteiger partial charge in [0, 0.05) is 25.8 Å². The van der Waals surface area contributed by atoms with Crippen LogP contribution >= 0.6 is 0 Å². The van der Waals surface area contributed by atoms with Gasteiger partial charge < -0.3 is 15.7 Å². The molecule has 0 aliphatic heterocycles. The minimum Gasteiger partial charge on any atom is -0.396 e. The van der Waals surface area contributed by atoms with E-state index >= 15 is 0 Å². The Kier molecular flexibility index (Phi) is 5.38. The number of nitrogens with zero attached hydrogens (tertiary/aromatic N) is 2. The summed E-state index contributed by atoms with van der Waals surface area (Å²) < 4.78 is 38.5. The third kappa shape index (κ3) is 5.04. The minimum absolute atomic E-state index is 0.0645. The number of alkyl halides is 3. The van der Waals surface area contributed by atoms with Crippen molar-refractivity contribution in [3.05, 3.63) is 11.8 Å². The summed E-state index contributed by atoms with van der Waals surface area (Å²) in [6.45, 7) is 5.74. The Morgan fingerprint density at radius 1 is 1.24 bits per heavy atom. The second-order valence-corrected chi connectivity index (χ2v) is 5.79.